The number of benzene rings is 1. The molecule has 5 rings (SSSR count). The molecule has 1 aromatic carbocycles. The first kappa shape index (κ1) is 20.8. The second-order valence-corrected chi connectivity index (χ2v) is 8.67. The van der Waals surface area contributed by atoms with Gasteiger partial charge in [-0.3, -0.25) is 9.69 Å². The first-order chi connectivity index (χ1) is 15.6. The summed E-state index contributed by atoms with van der Waals surface area (Å²) in [6, 6.07) is 6.31. The predicted molar refractivity (Wildman–Crippen MR) is 123 cm³/mol. The number of carbonyl (C=O) groups is 1. The van der Waals surface area contributed by atoms with Crippen molar-refractivity contribution >= 4 is 29.0 Å². The highest BCUT2D eigenvalue weighted by atomic mass is 16.5. The van der Waals surface area contributed by atoms with Crippen molar-refractivity contribution in [1.82, 2.24) is 14.9 Å². The van der Waals surface area contributed by atoms with Crippen LogP contribution in [0.15, 0.2) is 24.4 Å². The lowest BCUT2D eigenvalue weighted by molar-refractivity contribution is -0.121. The van der Waals surface area contributed by atoms with Gasteiger partial charge >= 0.3 is 0 Å². The highest BCUT2D eigenvalue weighted by molar-refractivity contribution is 5.97. The molecule has 3 heterocycles. The summed E-state index contributed by atoms with van der Waals surface area (Å²) in [5, 5.41) is 3.27. The van der Waals surface area contributed by atoms with Gasteiger partial charge in [-0.05, 0) is 32.0 Å². The number of fused-ring (bicyclic) bond motifs is 1. The van der Waals surface area contributed by atoms with Gasteiger partial charge in [0, 0.05) is 44.0 Å². The van der Waals surface area contributed by atoms with E-state index in [1.807, 2.05) is 17.0 Å². The molecular weight excluding hydrogens is 408 g/mol. The molecule has 1 saturated heterocycles. The average molecular weight is 439 g/mol. The van der Waals surface area contributed by atoms with Gasteiger partial charge in [0.05, 0.1) is 19.0 Å². The second kappa shape index (κ2) is 8.82. The first-order valence-corrected chi connectivity index (χ1v) is 11.3. The molecule has 32 heavy (non-hydrogen) atoms. The van der Waals surface area contributed by atoms with Crippen LogP contribution >= 0.6 is 0 Å². The molecule has 3 aliphatic rings. The molecule has 170 valence electrons. The molecule has 1 saturated carbocycles. The Morgan fingerprint density at radius 1 is 1.16 bits per heavy atom. The van der Waals surface area contributed by atoms with Gasteiger partial charge in [0.1, 0.15) is 5.75 Å². The summed E-state index contributed by atoms with van der Waals surface area (Å²) >= 11 is 0. The molecule has 0 radical (unpaired) electrons. The Hall–Kier alpha value is -3.07. The summed E-state index contributed by atoms with van der Waals surface area (Å²) in [6.45, 7) is 4.12. The maximum absolute atomic E-state index is 12.6. The topological polar surface area (TPSA) is 83.1 Å². The van der Waals surface area contributed by atoms with E-state index < -0.39 is 0 Å². The first-order valence-electron chi connectivity index (χ1n) is 11.3. The highest BCUT2D eigenvalue weighted by Gasteiger charge is 2.35. The number of hydrogen-bond donors (Lipinski definition) is 1. The molecule has 2 fully saturated rings. The second-order valence-electron chi connectivity index (χ2n) is 8.67. The van der Waals surface area contributed by atoms with Crippen LogP contribution in [0.25, 0.3) is 0 Å². The number of nitrogens with zero attached hydrogens (tertiary/aromatic N) is 5. The van der Waals surface area contributed by atoms with Gasteiger partial charge in [0.2, 0.25) is 5.95 Å². The maximum Gasteiger partial charge on any atom is 0.266 e. The van der Waals surface area contributed by atoms with Gasteiger partial charge < -0.3 is 24.6 Å². The summed E-state index contributed by atoms with van der Waals surface area (Å²) in [7, 11) is 3.81. The number of aromatic nitrogens is 2. The van der Waals surface area contributed by atoms with E-state index in [0.717, 1.165) is 69.0 Å². The van der Waals surface area contributed by atoms with Crippen LogP contribution < -0.4 is 24.6 Å². The van der Waals surface area contributed by atoms with Crippen molar-refractivity contribution in [2.45, 2.75) is 31.7 Å². The standard InChI is InChI=1S/C23H30N6O3/c1-27-9-11-28(12-10-27)17-7-8-18(19(13-17)31-2)25-23-24-14-20-22(26-23)29(21(30)15-32-20)16-5-3-4-6-16/h7-8,13-14,16H,3-6,9-12,15H2,1-2H3,(H,24,25,26). The van der Waals surface area contributed by atoms with Crippen LogP contribution in [0.2, 0.25) is 0 Å². The minimum Gasteiger partial charge on any atom is -0.494 e. The molecule has 2 aliphatic heterocycles. The van der Waals surface area contributed by atoms with Crippen LogP contribution in [-0.2, 0) is 4.79 Å². The van der Waals surface area contributed by atoms with Crippen molar-refractivity contribution in [1.29, 1.82) is 0 Å². The van der Waals surface area contributed by atoms with E-state index in [1.54, 1.807) is 13.3 Å². The fourth-order valence-electron chi connectivity index (χ4n) is 4.73. The lowest BCUT2D eigenvalue weighted by Gasteiger charge is -2.34. The summed E-state index contributed by atoms with van der Waals surface area (Å²) < 4.78 is 11.2. The quantitative estimate of drug-likeness (QED) is 0.763. The third-order valence-electron chi connectivity index (χ3n) is 6.57. The number of rotatable bonds is 5. The van der Waals surface area contributed by atoms with E-state index in [-0.39, 0.29) is 18.6 Å². The van der Waals surface area contributed by atoms with E-state index >= 15 is 0 Å². The molecule has 1 amide bonds. The lowest BCUT2D eigenvalue weighted by atomic mass is 10.2. The molecule has 0 bridgehead atoms. The number of nitrogens with one attached hydrogen (secondary N) is 1. The number of anilines is 4. The summed E-state index contributed by atoms with van der Waals surface area (Å²) in [5.74, 6) is 2.21. The number of carbonyl (C=O) groups excluding carboxylic acids is 1. The van der Waals surface area contributed by atoms with E-state index in [4.69, 9.17) is 9.47 Å². The number of amides is 1. The smallest absolute Gasteiger partial charge is 0.266 e. The van der Waals surface area contributed by atoms with E-state index in [0.29, 0.717) is 17.5 Å². The summed E-state index contributed by atoms with van der Waals surface area (Å²) in [4.78, 5) is 28.2. The monoisotopic (exact) mass is 438 g/mol. The summed E-state index contributed by atoms with van der Waals surface area (Å²) in [5.41, 5.74) is 1.92. The van der Waals surface area contributed by atoms with Crippen molar-refractivity contribution in [3.63, 3.8) is 0 Å². The number of methoxy groups -OCH3 is 1. The van der Waals surface area contributed by atoms with E-state index in [9.17, 15) is 4.79 Å². The molecule has 1 N–H and O–H groups in total. The number of ether oxygens (including phenoxy) is 2. The average Bonchev–Trinajstić information content (AvgIpc) is 3.34. The van der Waals surface area contributed by atoms with E-state index in [1.165, 1.54) is 0 Å². The van der Waals surface area contributed by atoms with Gasteiger partial charge in [-0.25, -0.2) is 4.98 Å². The Bertz CT molecular complexity index is 986. The van der Waals surface area contributed by atoms with Gasteiger partial charge in [-0.1, -0.05) is 12.8 Å². The van der Waals surface area contributed by atoms with Crippen LogP contribution in [0.4, 0.5) is 23.1 Å². The Kier molecular flexibility index (Phi) is 5.73. The van der Waals surface area contributed by atoms with E-state index in [2.05, 4.69) is 38.2 Å². The Balaban J connectivity index is 1.39. The van der Waals surface area contributed by atoms with Gasteiger partial charge in [0.25, 0.3) is 5.91 Å². The van der Waals surface area contributed by atoms with Gasteiger partial charge in [-0.15, -0.1) is 0 Å². The largest absolute Gasteiger partial charge is 0.494 e. The summed E-state index contributed by atoms with van der Waals surface area (Å²) in [6.07, 6.45) is 5.92. The van der Waals surface area contributed by atoms with Crippen molar-refractivity contribution in [3.05, 3.63) is 24.4 Å². The van der Waals surface area contributed by atoms with Crippen LogP contribution in [-0.4, -0.2) is 73.8 Å². The van der Waals surface area contributed by atoms with Crippen molar-refractivity contribution < 1.29 is 14.3 Å². The van der Waals surface area contributed by atoms with Crippen LogP contribution in [0.3, 0.4) is 0 Å². The molecular formula is C23H30N6O3. The molecule has 1 aromatic heterocycles. The molecule has 9 heteroatoms. The molecule has 2 aromatic rings. The lowest BCUT2D eigenvalue weighted by Crippen LogP contribution is -2.45. The van der Waals surface area contributed by atoms with Crippen LogP contribution in [0, 0.1) is 0 Å². The Morgan fingerprint density at radius 2 is 1.94 bits per heavy atom. The van der Waals surface area contributed by atoms with Crippen LogP contribution in [0.5, 0.6) is 11.5 Å². The minimum absolute atomic E-state index is 0.0387. The van der Waals surface area contributed by atoms with Gasteiger partial charge in [-0.2, -0.15) is 4.98 Å². The highest BCUT2D eigenvalue weighted by Crippen LogP contribution is 2.37. The molecule has 1 aliphatic carbocycles. The maximum atomic E-state index is 12.6. The number of piperazine rings is 1. The van der Waals surface area contributed by atoms with Crippen molar-refractivity contribution in [3.8, 4) is 11.5 Å². The molecule has 0 spiro atoms. The third-order valence-corrected chi connectivity index (χ3v) is 6.57. The minimum atomic E-state index is -0.0387. The molecule has 9 nitrogen and oxygen atoms in total. The van der Waals surface area contributed by atoms with Gasteiger partial charge in [0.15, 0.2) is 18.2 Å². The normalized spacial score (nSPS) is 19.6. The van der Waals surface area contributed by atoms with Crippen molar-refractivity contribution in [2.75, 3.05) is 62.1 Å². The SMILES string of the molecule is COc1cc(N2CCN(C)CC2)ccc1Nc1ncc2c(n1)N(C1CCCC1)C(=O)CO2. The zero-order valence-corrected chi connectivity index (χ0v) is 18.7. The number of hydrogen-bond acceptors (Lipinski definition) is 8. The third kappa shape index (κ3) is 4.04. The number of likely N-dealkylation sites (N-methyl/N-ethyl adjacent to an activating group) is 1. The van der Waals surface area contributed by atoms with Crippen molar-refractivity contribution in [2.24, 2.45) is 0 Å². The van der Waals surface area contributed by atoms with Crippen LogP contribution in [0.1, 0.15) is 25.7 Å². The molecule has 0 unspecified atom stereocenters. The fourth-order valence-corrected chi connectivity index (χ4v) is 4.73. The zero-order valence-electron chi connectivity index (χ0n) is 18.7. The zero-order chi connectivity index (χ0) is 22.1. The predicted octanol–water partition coefficient (Wildman–Crippen LogP) is 2.65. The molecule has 0 atom stereocenters. The fraction of sp³-hybridized carbons (Fsp3) is 0.522. The Morgan fingerprint density at radius 3 is 2.69 bits per heavy atom. The Labute approximate surface area is 188 Å².